The summed E-state index contributed by atoms with van der Waals surface area (Å²) >= 11 is 4.80. The van der Waals surface area contributed by atoms with Gasteiger partial charge < -0.3 is 4.90 Å². The Morgan fingerprint density at radius 3 is 2.56 bits per heavy atom. The van der Waals surface area contributed by atoms with Crippen LogP contribution >= 0.6 is 45.2 Å². The number of hydrogen-bond acceptors (Lipinski definition) is 2. The fourth-order valence-electron chi connectivity index (χ4n) is 5.96. The van der Waals surface area contributed by atoms with Crippen LogP contribution < -0.4 is 4.90 Å². The van der Waals surface area contributed by atoms with E-state index in [1.807, 2.05) is 0 Å². The Morgan fingerprint density at radius 2 is 1.72 bits per heavy atom. The molecule has 32 heavy (non-hydrogen) atoms. The van der Waals surface area contributed by atoms with Crippen LogP contribution in [0.1, 0.15) is 36.8 Å². The van der Waals surface area contributed by atoms with E-state index in [1.165, 1.54) is 46.6 Å². The summed E-state index contributed by atoms with van der Waals surface area (Å²) in [6.07, 6.45) is 8.99. The number of hydrogen-bond donors (Lipinski definition) is 0. The van der Waals surface area contributed by atoms with E-state index in [4.69, 9.17) is 0 Å². The van der Waals surface area contributed by atoms with Crippen LogP contribution in [0.25, 0.3) is 0 Å². The van der Waals surface area contributed by atoms with Gasteiger partial charge in [-0.1, -0.05) is 0 Å². The quantitative estimate of drug-likeness (QED) is 0.262. The average molecular weight is 644 g/mol. The molecule has 0 aromatic heterocycles. The SMILES string of the molecule is N#CC1=C2C=C(N3CCc4cc(I)ccc43)CCC2CCC1=[N+]1CCc2cc(I)ccc21. The first kappa shape index (κ1) is 20.9. The summed E-state index contributed by atoms with van der Waals surface area (Å²) in [6, 6.07) is 16.2. The minimum atomic E-state index is 0.523. The lowest BCUT2D eigenvalue weighted by Crippen LogP contribution is -2.29. The van der Waals surface area contributed by atoms with Crippen LogP contribution in [0.2, 0.25) is 0 Å². The molecule has 0 saturated heterocycles. The lowest BCUT2D eigenvalue weighted by atomic mass is 9.76. The minimum Gasteiger partial charge on any atom is -0.345 e. The van der Waals surface area contributed by atoms with Gasteiger partial charge >= 0.3 is 0 Å². The number of halogens is 2. The smallest absolute Gasteiger partial charge is 0.208 e. The van der Waals surface area contributed by atoms with Crippen molar-refractivity contribution in [3.63, 3.8) is 0 Å². The number of fused-ring (bicyclic) bond motifs is 3. The molecule has 0 saturated carbocycles. The standard InChI is InChI=1S/C27H24I2N3/c28-20-3-7-25-18(13-20)9-11-31(25)22-5-1-17-2-6-27(24(16-30)23(17)15-22)32-12-10-19-14-21(29)4-8-26(19)32/h3-4,7-8,13-15,17H,1-2,5-6,9-12H2/q+1. The van der Waals surface area contributed by atoms with Gasteiger partial charge in [0, 0.05) is 49.5 Å². The Balaban J connectivity index is 1.44. The molecule has 2 aromatic carbocycles. The molecule has 6 rings (SSSR count). The van der Waals surface area contributed by atoms with E-state index < -0.39 is 0 Å². The molecule has 160 valence electrons. The van der Waals surface area contributed by atoms with Crippen molar-refractivity contribution in [1.82, 2.24) is 0 Å². The predicted octanol–water partition coefficient (Wildman–Crippen LogP) is 6.51. The number of allylic oxidation sites excluding steroid dienone is 4. The summed E-state index contributed by atoms with van der Waals surface area (Å²) in [7, 11) is 0. The number of nitrogens with zero attached hydrogens (tertiary/aromatic N) is 3. The van der Waals surface area contributed by atoms with E-state index in [1.54, 1.807) is 0 Å². The molecule has 0 fully saturated rings. The number of anilines is 1. The van der Waals surface area contributed by atoms with Crippen molar-refractivity contribution in [3.8, 4) is 6.07 Å². The average Bonchev–Trinajstić information content (AvgIpc) is 3.41. The summed E-state index contributed by atoms with van der Waals surface area (Å²) in [6.45, 7) is 2.04. The molecule has 1 unspecified atom stereocenters. The summed E-state index contributed by atoms with van der Waals surface area (Å²) in [5, 5.41) is 10.3. The second-order valence-electron chi connectivity index (χ2n) is 9.15. The lowest BCUT2D eigenvalue weighted by Gasteiger charge is -2.33. The topological polar surface area (TPSA) is 30.0 Å². The molecule has 2 aliphatic heterocycles. The van der Waals surface area contributed by atoms with E-state index in [2.05, 4.69) is 103 Å². The third-order valence-corrected chi connectivity index (χ3v) is 8.82. The summed E-state index contributed by atoms with van der Waals surface area (Å²) < 4.78 is 5.03. The maximum atomic E-state index is 10.3. The number of rotatable bonds is 1. The van der Waals surface area contributed by atoms with Gasteiger partial charge in [0.15, 0.2) is 12.3 Å². The van der Waals surface area contributed by atoms with Gasteiger partial charge in [-0.05, 0) is 124 Å². The first-order valence-electron chi connectivity index (χ1n) is 11.5. The van der Waals surface area contributed by atoms with Crippen molar-refractivity contribution in [2.24, 2.45) is 5.92 Å². The molecule has 2 aromatic rings. The monoisotopic (exact) mass is 644 g/mol. The van der Waals surface area contributed by atoms with Crippen molar-refractivity contribution >= 4 is 62.3 Å². The maximum Gasteiger partial charge on any atom is 0.208 e. The van der Waals surface area contributed by atoms with Crippen LogP contribution in [0.15, 0.2) is 59.3 Å². The molecule has 1 atom stereocenters. The minimum absolute atomic E-state index is 0.523. The first-order chi connectivity index (χ1) is 15.6. The van der Waals surface area contributed by atoms with E-state index >= 15 is 0 Å². The van der Waals surface area contributed by atoms with Gasteiger partial charge in [0.1, 0.15) is 11.6 Å². The fourth-order valence-corrected chi connectivity index (χ4v) is 7.07. The number of nitriles is 1. The fraction of sp³-hybridized carbons (Fsp3) is 0.333. The molecule has 2 heterocycles. The van der Waals surface area contributed by atoms with Crippen LogP contribution in [-0.4, -0.2) is 23.4 Å². The third-order valence-electron chi connectivity index (χ3n) is 7.48. The molecular weight excluding hydrogens is 620 g/mol. The Labute approximate surface area is 216 Å². The molecule has 0 amide bonds. The molecule has 0 radical (unpaired) electrons. The second-order valence-corrected chi connectivity index (χ2v) is 11.6. The summed E-state index contributed by atoms with van der Waals surface area (Å²) in [5.74, 6) is 0.523. The Kier molecular flexibility index (Phi) is 5.41. The molecule has 0 spiro atoms. The van der Waals surface area contributed by atoms with Gasteiger partial charge in [0.2, 0.25) is 5.69 Å². The highest BCUT2D eigenvalue weighted by Gasteiger charge is 2.37. The van der Waals surface area contributed by atoms with Crippen LogP contribution in [0, 0.1) is 24.4 Å². The molecule has 3 nitrogen and oxygen atoms in total. The van der Waals surface area contributed by atoms with Gasteiger partial charge in [0.05, 0.1) is 0 Å². The Bertz CT molecular complexity index is 1280. The van der Waals surface area contributed by atoms with Crippen LogP contribution in [0.5, 0.6) is 0 Å². The van der Waals surface area contributed by atoms with Crippen molar-refractivity contribution in [2.75, 3.05) is 18.0 Å². The highest BCUT2D eigenvalue weighted by molar-refractivity contribution is 14.1. The Hall–Kier alpha value is -1.66. The van der Waals surface area contributed by atoms with E-state index in [-0.39, 0.29) is 0 Å². The van der Waals surface area contributed by atoms with E-state index in [9.17, 15) is 5.26 Å². The molecule has 2 aliphatic carbocycles. The first-order valence-corrected chi connectivity index (χ1v) is 13.6. The lowest BCUT2D eigenvalue weighted by molar-refractivity contribution is -0.430. The van der Waals surface area contributed by atoms with Crippen molar-refractivity contribution in [2.45, 2.75) is 38.5 Å². The number of benzene rings is 2. The van der Waals surface area contributed by atoms with Gasteiger partial charge in [0.25, 0.3) is 0 Å². The maximum absolute atomic E-state index is 10.3. The van der Waals surface area contributed by atoms with Gasteiger partial charge in [-0.25, -0.2) is 0 Å². The van der Waals surface area contributed by atoms with E-state index in [0.29, 0.717) is 5.92 Å². The van der Waals surface area contributed by atoms with Crippen molar-refractivity contribution in [3.05, 3.63) is 77.6 Å². The van der Waals surface area contributed by atoms with Crippen LogP contribution in [0.3, 0.4) is 0 Å². The zero-order chi connectivity index (χ0) is 21.8. The van der Waals surface area contributed by atoms with Gasteiger partial charge in [-0.15, -0.1) is 0 Å². The molecular formula is C27H24I2N3+. The Morgan fingerprint density at radius 1 is 0.938 bits per heavy atom. The molecule has 5 heteroatoms. The summed E-state index contributed by atoms with van der Waals surface area (Å²) in [5.41, 5.74) is 10.4. The molecule has 0 bridgehead atoms. The van der Waals surface area contributed by atoms with E-state index in [0.717, 1.165) is 57.2 Å². The zero-order valence-electron chi connectivity index (χ0n) is 17.9. The normalized spacial score (nSPS) is 24.1. The largest absolute Gasteiger partial charge is 0.345 e. The molecule has 0 N–H and O–H groups in total. The molecule has 4 aliphatic rings. The van der Waals surface area contributed by atoms with Crippen LogP contribution in [0.4, 0.5) is 11.4 Å². The highest BCUT2D eigenvalue weighted by atomic mass is 127. The third kappa shape index (κ3) is 3.45. The van der Waals surface area contributed by atoms with Crippen LogP contribution in [-0.2, 0) is 12.8 Å². The van der Waals surface area contributed by atoms with Crippen molar-refractivity contribution in [1.29, 1.82) is 5.26 Å². The van der Waals surface area contributed by atoms with Crippen molar-refractivity contribution < 1.29 is 4.58 Å². The second kappa shape index (κ2) is 8.28. The van der Waals surface area contributed by atoms with Gasteiger partial charge in [-0.2, -0.15) is 9.84 Å². The van der Waals surface area contributed by atoms with Gasteiger partial charge in [-0.3, -0.25) is 0 Å². The summed E-state index contributed by atoms with van der Waals surface area (Å²) in [4.78, 5) is 2.50. The predicted molar refractivity (Wildman–Crippen MR) is 146 cm³/mol. The highest BCUT2D eigenvalue weighted by Crippen LogP contribution is 2.42. The zero-order valence-corrected chi connectivity index (χ0v) is 22.2.